The van der Waals surface area contributed by atoms with E-state index in [4.69, 9.17) is 0 Å². The van der Waals surface area contributed by atoms with Crippen molar-refractivity contribution in [2.45, 2.75) is 6.42 Å². The number of nitro groups is 1. The molecule has 1 aromatic carbocycles. The van der Waals surface area contributed by atoms with E-state index in [1.165, 1.54) is 18.3 Å². The van der Waals surface area contributed by atoms with Crippen LogP contribution in [-0.2, 0) is 11.2 Å². The Balaban J connectivity index is 1.86. The second kappa shape index (κ2) is 6.28. The van der Waals surface area contributed by atoms with Gasteiger partial charge in [0.1, 0.15) is 0 Å². The van der Waals surface area contributed by atoms with Crippen LogP contribution in [-0.4, -0.2) is 22.0 Å². The van der Waals surface area contributed by atoms with Gasteiger partial charge in [-0.05, 0) is 17.7 Å². The van der Waals surface area contributed by atoms with Crippen molar-refractivity contribution in [3.8, 4) is 0 Å². The monoisotopic (exact) mass is 272 g/mol. The molecule has 0 saturated heterocycles. The van der Waals surface area contributed by atoms with Crippen molar-refractivity contribution in [1.82, 2.24) is 10.4 Å². The zero-order valence-electron chi connectivity index (χ0n) is 10.4. The minimum Gasteiger partial charge on any atom is -0.360 e. The topological polar surface area (TPSA) is 100 Å². The van der Waals surface area contributed by atoms with Gasteiger partial charge < -0.3 is 4.98 Å². The Bertz CT molecular complexity index is 618. The predicted molar refractivity (Wildman–Crippen MR) is 73.3 cm³/mol. The minimum absolute atomic E-state index is 0.000996. The number of aromatic amines is 1. The van der Waals surface area contributed by atoms with Crippen LogP contribution in [0, 0.1) is 10.1 Å². The Morgan fingerprint density at radius 2 is 2.10 bits per heavy atom. The van der Waals surface area contributed by atoms with Gasteiger partial charge in [0.15, 0.2) is 0 Å². The molecule has 0 aliphatic carbocycles. The molecule has 0 atom stereocenters. The van der Waals surface area contributed by atoms with Gasteiger partial charge in [-0.25, -0.2) is 5.43 Å². The number of H-pyrrole nitrogens is 1. The maximum absolute atomic E-state index is 11.6. The lowest BCUT2D eigenvalue weighted by atomic mass is 10.1. The molecule has 2 rings (SSSR count). The summed E-state index contributed by atoms with van der Waals surface area (Å²) in [5, 5.41) is 14.3. The zero-order valence-corrected chi connectivity index (χ0v) is 10.4. The van der Waals surface area contributed by atoms with Crippen LogP contribution in [0.15, 0.2) is 47.7 Å². The normalized spacial score (nSPS) is 10.6. The van der Waals surface area contributed by atoms with Gasteiger partial charge in [0.05, 0.1) is 23.3 Å². The zero-order chi connectivity index (χ0) is 14.4. The maximum atomic E-state index is 11.6. The number of carbonyl (C=O) groups excluding carboxylic acids is 1. The number of hydrogen-bond donors (Lipinski definition) is 2. The van der Waals surface area contributed by atoms with Crippen LogP contribution < -0.4 is 5.43 Å². The van der Waals surface area contributed by atoms with Crippen molar-refractivity contribution in [2.24, 2.45) is 5.10 Å². The van der Waals surface area contributed by atoms with Gasteiger partial charge >= 0.3 is 0 Å². The highest BCUT2D eigenvalue weighted by atomic mass is 16.6. The highest BCUT2D eigenvalue weighted by molar-refractivity contribution is 5.82. The van der Waals surface area contributed by atoms with Gasteiger partial charge in [-0.1, -0.05) is 12.1 Å². The molecule has 0 saturated carbocycles. The first-order valence-corrected chi connectivity index (χ1v) is 5.84. The summed E-state index contributed by atoms with van der Waals surface area (Å²) >= 11 is 0. The van der Waals surface area contributed by atoms with Crippen LogP contribution >= 0.6 is 0 Å². The lowest BCUT2D eigenvalue weighted by Gasteiger charge is -2.00. The van der Waals surface area contributed by atoms with E-state index in [9.17, 15) is 14.9 Å². The summed E-state index contributed by atoms with van der Waals surface area (Å²) < 4.78 is 0. The number of hydrazone groups is 1. The Morgan fingerprint density at radius 3 is 2.70 bits per heavy atom. The van der Waals surface area contributed by atoms with Gasteiger partial charge in [-0.3, -0.25) is 14.9 Å². The van der Waals surface area contributed by atoms with Crippen molar-refractivity contribution in [3.63, 3.8) is 0 Å². The average Bonchev–Trinajstić information content (AvgIpc) is 2.92. The summed E-state index contributed by atoms with van der Waals surface area (Å²) in [6.45, 7) is 0. The molecular weight excluding hydrogens is 260 g/mol. The molecule has 1 amide bonds. The van der Waals surface area contributed by atoms with Crippen LogP contribution in [0.3, 0.4) is 0 Å². The molecule has 7 nitrogen and oxygen atoms in total. The predicted octanol–water partition coefficient (Wildman–Crippen LogP) is 1.62. The fourth-order valence-electron chi connectivity index (χ4n) is 1.56. The number of nitro benzene ring substituents is 1. The second-order valence-electron chi connectivity index (χ2n) is 4.02. The van der Waals surface area contributed by atoms with E-state index < -0.39 is 4.92 Å². The van der Waals surface area contributed by atoms with Gasteiger partial charge in [0.25, 0.3) is 5.69 Å². The molecule has 0 unspecified atom stereocenters. The molecular formula is C13H12N4O3. The summed E-state index contributed by atoms with van der Waals surface area (Å²) in [6.07, 6.45) is 3.36. The van der Waals surface area contributed by atoms with E-state index in [0.717, 1.165) is 5.69 Å². The van der Waals surface area contributed by atoms with Crippen molar-refractivity contribution in [1.29, 1.82) is 0 Å². The van der Waals surface area contributed by atoms with E-state index in [-0.39, 0.29) is 18.0 Å². The van der Waals surface area contributed by atoms with Crippen molar-refractivity contribution in [3.05, 3.63) is 64.0 Å². The number of nitrogens with one attached hydrogen (secondary N) is 2. The number of hydrogen-bond acceptors (Lipinski definition) is 4. The third-order valence-electron chi connectivity index (χ3n) is 2.53. The highest BCUT2D eigenvalue weighted by Gasteiger charge is 2.06. The molecule has 7 heteroatoms. The molecule has 0 aliphatic rings. The molecule has 1 aromatic heterocycles. The molecule has 0 aliphatic heterocycles. The summed E-state index contributed by atoms with van der Waals surface area (Å²) in [5.41, 5.74) is 3.84. The number of non-ortho nitro benzene ring substituents is 1. The van der Waals surface area contributed by atoms with Crippen LogP contribution in [0.1, 0.15) is 11.3 Å². The molecule has 0 fully saturated rings. The third kappa shape index (κ3) is 3.77. The molecule has 0 radical (unpaired) electrons. The summed E-state index contributed by atoms with van der Waals surface area (Å²) in [7, 11) is 0. The Labute approximate surface area is 114 Å². The summed E-state index contributed by atoms with van der Waals surface area (Å²) in [4.78, 5) is 24.5. The number of benzene rings is 1. The third-order valence-corrected chi connectivity index (χ3v) is 2.53. The van der Waals surface area contributed by atoms with E-state index >= 15 is 0 Å². The van der Waals surface area contributed by atoms with Crippen LogP contribution in [0.4, 0.5) is 5.69 Å². The van der Waals surface area contributed by atoms with Crippen molar-refractivity contribution < 1.29 is 9.72 Å². The smallest absolute Gasteiger partial charge is 0.269 e. The van der Waals surface area contributed by atoms with Crippen LogP contribution in [0.2, 0.25) is 0 Å². The average molecular weight is 272 g/mol. The summed E-state index contributed by atoms with van der Waals surface area (Å²) in [5.74, 6) is -0.290. The van der Waals surface area contributed by atoms with Crippen molar-refractivity contribution in [2.75, 3.05) is 0 Å². The van der Waals surface area contributed by atoms with E-state index in [1.807, 2.05) is 12.1 Å². The number of rotatable bonds is 5. The molecule has 20 heavy (non-hydrogen) atoms. The fourth-order valence-corrected chi connectivity index (χ4v) is 1.56. The first-order chi connectivity index (χ1) is 9.65. The first kappa shape index (κ1) is 13.5. The lowest BCUT2D eigenvalue weighted by molar-refractivity contribution is -0.384. The van der Waals surface area contributed by atoms with E-state index in [2.05, 4.69) is 15.5 Å². The second-order valence-corrected chi connectivity index (χ2v) is 4.02. The summed E-state index contributed by atoms with van der Waals surface area (Å²) in [6, 6.07) is 9.46. The molecule has 2 N–H and O–H groups in total. The Kier molecular flexibility index (Phi) is 4.23. The Morgan fingerprint density at radius 1 is 1.35 bits per heavy atom. The maximum Gasteiger partial charge on any atom is 0.269 e. The molecule has 0 spiro atoms. The van der Waals surface area contributed by atoms with E-state index in [0.29, 0.717) is 5.56 Å². The molecule has 2 aromatic rings. The number of aromatic nitrogens is 1. The molecule has 0 bridgehead atoms. The largest absolute Gasteiger partial charge is 0.360 e. The standard InChI is InChI=1S/C13H12N4O3/c18-13(16-15-9-11-2-1-7-14-11)8-10-3-5-12(6-4-10)17(19)20/h1-7,9,14H,8H2,(H,16,18). The highest BCUT2D eigenvalue weighted by Crippen LogP contribution is 2.12. The lowest BCUT2D eigenvalue weighted by Crippen LogP contribution is -2.19. The number of carbonyl (C=O) groups is 1. The quantitative estimate of drug-likeness (QED) is 0.491. The van der Waals surface area contributed by atoms with Crippen molar-refractivity contribution >= 4 is 17.8 Å². The van der Waals surface area contributed by atoms with Gasteiger partial charge in [0, 0.05) is 18.3 Å². The van der Waals surface area contributed by atoms with Gasteiger partial charge in [-0.2, -0.15) is 5.10 Å². The number of nitrogens with zero attached hydrogens (tertiary/aromatic N) is 2. The minimum atomic E-state index is -0.482. The Hall–Kier alpha value is -2.96. The van der Waals surface area contributed by atoms with Crippen LogP contribution in [0.25, 0.3) is 0 Å². The number of amides is 1. The SMILES string of the molecule is O=C(Cc1ccc([N+](=O)[O-])cc1)NN=Cc1ccc[nH]1. The fraction of sp³-hybridized carbons (Fsp3) is 0.0769. The van der Waals surface area contributed by atoms with Crippen LogP contribution in [0.5, 0.6) is 0 Å². The van der Waals surface area contributed by atoms with Gasteiger partial charge in [0.2, 0.25) is 5.91 Å². The van der Waals surface area contributed by atoms with Gasteiger partial charge in [-0.15, -0.1) is 0 Å². The van der Waals surface area contributed by atoms with E-state index in [1.54, 1.807) is 18.3 Å². The first-order valence-electron chi connectivity index (χ1n) is 5.84. The molecule has 102 valence electrons. The molecule has 1 heterocycles.